The van der Waals surface area contributed by atoms with Crippen molar-refractivity contribution in [3.05, 3.63) is 12.7 Å². The minimum absolute atomic E-state index is 0.321. The van der Waals surface area contributed by atoms with E-state index in [0.29, 0.717) is 12.8 Å². The molecule has 19 heavy (non-hydrogen) atoms. The van der Waals surface area contributed by atoms with Gasteiger partial charge in [-0.1, -0.05) is 6.58 Å². The maximum Gasteiger partial charge on any atom is 0.333 e. The molecule has 0 radical (unpaired) electrons. The summed E-state index contributed by atoms with van der Waals surface area (Å²) in [6.45, 7) is 12.6. The Kier molecular flexibility index (Phi) is 4.10. The maximum atomic E-state index is 11.5. The average Bonchev–Trinajstić information content (AvgIpc) is 2.09. The molecule has 0 atom stereocenters. The molecule has 1 N–H and O–H groups in total. The van der Waals surface area contributed by atoms with Crippen LogP contribution in [0.3, 0.4) is 0 Å². The van der Waals surface area contributed by atoms with E-state index in [-0.39, 0.29) is 11.1 Å². The maximum absolute atomic E-state index is 11.5. The molecule has 0 unspecified atom stereocenters. The van der Waals surface area contributed by atoms with E-state index in [2.05, 4.69) is 11.9 Å². The van der Waals surface area contributed by atoms with Crippen molar-refractivity contribution >= 4 is 11.9 Å². The Bertz CT molecular complexity index is 382. The lowest BCUT2D eigenvalue weighted by Crippen LogP contribution is -2.65. The second kappa shape index (κ2) is 4.96. The predicted octanol–water partition coefficient (Wildman–Crippen LogP) is 1.92. The Balaban J connectivity index is 3.10. The predicted molar refractivity (Wildman–Crippen MR) is 71.3 cm³/mol. The van der Waals surface area contributed by atoms with Gasteiger partial charge in [0.15, 0.2) is 0 Å². The second-order valence-electron chi connectivity index (χ2n) is 6.38. The summed E-state index contributed by atoms with van der Waals surface area (Å²) in [4.78, 5) is 22.9. The first-order valence-corrected chi connectivity index (χ1v) is 6.34. The number of esters is 2. The molecule has 0 spiro atoms. The Morgan fingerprint density at radius 2 is 1.58 bits per heavy atom. The molecule has 0 aliphatic carbocycles. The molecule has 5 nitrogen and oxygen atoms in total. The van der Waals surface area contributed by atoms with Crippen LogP contribution in [0.4, 0.5) is 0 Å². The normalized spacial score (nSPS) is 23.2. The third-order valence-corrected chi connectivity index (χ3v) is 2.88. The summed E-state index contributed by atoms with van der Waals surface area (Å²) < 4.78 is 10.7. The highest BCUT2D eigenvalue weighted by Gasteiger charge is 2.52. The van der Waals surface area contributed by atoms with E-state index in [1.165, 1.54) is 6.92 Å². The molecule has 0 aromatic heterocycles. The van der Waals surface area contributed by atoms with Gasteiger partial charge in [-0.3, -0.25) is 4.79 Å². The number of rotatable bonds is 3. The summed E-state index contributed by atoms with van der Waals surface area (Å²) in [5.41, 5.74) is -0.642. The summed E-state index contributed by atoms with van der Waals surface area (Å²) >= 11 is 0. The van der Waals surface area contributed by atoms with Gasteiger partial charge in [0.25, 0.3) is 5.79 Å². The Morgan fingerprint density at radius 3 is 1.95 bits per heavy atom. The molecule has 108 valence electrons. The monoisotopic (exact) mass is 269 g/mol. The van der Waals surface area contributed by atoms with Gasteiger partial charge in [-0.15, -0.1) is 0 Å². The summed E-state index contributed by atoms with van der Waals surface area (Å²) in [7, 11) is 0. The SMILES string of the molecule is C=CC(=O)OC1(OC(C)=O)CC(C)(C)NC(C)(C)C1. The molecule has 0 amide bonds. The van der Waals surface area contributed by atoms with Crippen LogP contribution in [0.2, 0.25) is 0 Å². The molecule has 0 saturated carbocycles. The first-order chi connectivity index (χ1) is 8.49. The van der Waals surface area contributed by atoms with Crippen molar-refractivity contribution in [1.29, 1.82) is 0 Å². The zero-order valence-corrected chi connectivity index (χ0v) is 12.3. The molecule has 1 fully saturated rings. The van der Waals surface area contributed by atoms with E-state index < -0.39 is 17.7 Å². The Morgan fingerprint density at radius 1 is 1.11 bits per heavy atom. The van der Waals surface area contributed by atoms with Crippen LogP contribution < -0.4 is 5.32 Å². The summed E-state index contributed by atoms with van der Waals surface area (Å²) in [5, 5.41) is 3.44. The van der Waals surface area contributed by atoms with Crippen molar-refractivity contribution in [2.75, 3.05) is 0 Å². The second-order valence-corrected chi connectivity index (χ2v) is 6.38. The number of ether oxygens (including phenoxy) is 2. The molecule has 1 rings (SSSR count). The van der Waals surface area contributed by atoms with Gasteiger partial charge < -0.3 is 14.8 Å². The van der Waals surface area contributed by atoms with E-state index in [9.17, 15) is 9.59 Å². The number of piperidine rings is 1. The van der Waals surface area contributed by atoms with Crippen LogP contribution >= 0.6 is 0 Å². The zero-order chi connectivity index (χ0) is 14.9. The third-order valence-electron chi connectivity index (χ3n) is 2.88. The number of carbonyl (C=O) groups excluding carboxylic acids is 2. The van der Waals surface area contributed by atoms with Gasteiger partial charge in [0.1, 0.15) is 0 Å². The number of hydrogen-bond acceptors (Lipinski definition) is 5. The molecular formula is C14H23NO4. The molecule has 0 aromatic rings. The van der Waals surface area contributed by atoms with Crippen molar-refractivity contribution in [2.24, 2.45) is 0 Å². The largest absolute Gasteiger partial charge is 0.422 e. The number of carbonyl (C=O) groups is 2. The molecule has 0 aromatic carbocycles. The fourth-order valence-electron chi connectivity index (χ4n) is 3.07. The fourth-order valence-corrected chi connectivity index (χ4v) is 3.07. The van der Waals surface area contributed by atoms with E-state index in [1.807, 2.05) is 27.7 Å². The first-order valence-electron chi connectivity index (χ1n) is 6.34. The Hall–Kier alpha value is -1.36. The highest BCUT2D eigenvalue weighted by atomic mass is 16.7. The molecule has 1 aliphatic heterocycles. The quantitative estimate of drug-likeness (QED) is 0.482. The van der Waals surface area contributed by atoms with E-state index in [0.717, 1.165) is 6.08 Å². The van der Waals surface area contributed by atoms with Gasteiger partial charge in [-0.2, -0.15) is 0 Å². The molecule has 1 saturated heterocycles. The van der Waals surface area contributed by atoms with Gasteiger partial charge in [0.05, 0.1) is 0 Å². The summed E-state index contributed by atoms with van der Waals surface area (Å²) in [6, 6.07) is 0. The lowest BCUT2D eigenvalue weighted by atomic mass is 9.78. The standard InChI is InChI=1S/C14H23NO4/c1-7-11(17)19-14(18-10(2)16)8-12(3,4)15-13(5,6)9-14/h7,15H,1,8-9H2,2-6H3. The molecule has 1 aliphatic rings. The van der Waals surface area contributed by atoms with Gasteiger partial charge in [-0.25, -0.2) is 4.79 Å². The Labute approximate surface area is 114 Å². The minimum atomic E-state index is -1.24. The van der Waals surface area contributed by atoms with Crippen molar-refractivity contribution < 1.29 is 19.1 Å². The number of nitrogens with one attached hydrogen (secondary N) is 1. The van der Waals surface area contributed by atoms with Crippen LogP contribution in [0, 0.1) is 0 Å². The van der Waals surface area contributed by atoms with Crippen molar-refractivity contribution in [3.63, 3.8) is 0 Å². The molecule has 0 bridgehead atoms. The third kappa shape index (κ3) is 4.35. The summed E-state index contributed by atoms with van der Waals surface area (Å²) in [5.74, 6) is -2.30. The van der Waals surface area contributed by atoms with Gasteiger partial charge >= 0.3 is 11.9 Å². The van der Waals surface area contributed by atoms with Crippen molar-refractivity contribution in [2.45, 2.75) is 64.3 Å². The van der Waals surface area contributed by atoms with E-state index in [1.54, 1.807) is 0 Å². The lowest BCUT2D eigenvalue weighted by Gasteiger charge is -2.50. The van der Waals surface area contributed by atoms with Crippen LogP contribution in [-0.4, -0.2) is 28.8 Å². The first kappa shape index (κ1) is 15.7. The van der Waals surface area contributed by atoms with Gasteiger partial charge in [0, 0.05) is 36.9 Å². The summed E-state index contributed by atoms with van der Waals surface area (Å²) in [6.07, 6.45) is 1.86. The van der Waals surface area contributed by atoms with Gasteiger partial charge in [0.2, 0.25) is 0 Å². The number of hydrogen-bond donors (Lipinski definition) is 1. The van der Waals surface area contributed by atoms with Crippen molar-refractivity contribution in [3.8, 4) is 0 Å². The highest BCUT2D eigenvalue weighted by Crippen LogP contribution is 2.39. The minimum Gasteiger partial charge on any atom is -0.422 e. The smallest absolute Gasteiger partial charge is 0.333 e. The van der Waals surface area contributed by atoms with Crippen LogP contribution in [0.1, 0.15) is 47.5 Å². The molecule has 5 heteroatoms. The van der Waals surface area contributed by atoms with Crippen molar-refractivity contribution in [1.82, 2.24) is 5.32 Å². The van der Waals surface area contributed by atoms with E-state index in [4.69, 9.17) is 9.47 Å². The lowest BCUT2D eigenvalue weighted by molar-refractivity contribution is -0.248. The van der Waals surface area contributed by atoms with Crippen LogP contribution in [0.5, 0.6) is 0 Å². The van der Waals surface area contributed by atoms with Gasteiger partial charge in [-0.05, 0) is 27.7 Å². The topological polar surface area (TPSA) is 64.6 Å². The fraction of sp³-hybridized carbons (Fsp3) is 0.714. The van der Waals surface area contributed by atoms with Crippen LogP contribution in [0.25, 0.3) is 0 Å². The molecule has 1 heterocycles. The van der Waals surface area contributed by atoms with Crippen LogP contribution in [-0.2, 0) is 19.1 Å². The zero-order valence-electron chi connectivity index (χ0n) is 12.3. The molecular weight excluding hydrogens is 246 g/mol. The average molecular weight is 269 g/mol. The van der Waals surface area contributed by atoms with E-state index >= 15 is 0 Å². The highest BCUT2D eigenvalue weighted by molar-refractivity contribution is 5.81. The van der Waals surface area contributed by atoms with Crippen LogP contribution in [0.15, 0.2) is 12.7 Å².